The summed E-state index contributed by atoms with van der Waals surface area (Å²) < 4.78 is 10.6. The maximum atomic E-state index is 6.12. The Morgan fingerprint density at radius 2 is 1.76 bits per heavy atom. The highest BCUT2D eigenvalue weighted by Crippen LogP contribution is 2.34. The van der Waals surface area contributed by atoms with Crippen molar-refractivity contribution in [2.45, 2.75) is 6.54 Å². The lowest BCUT2D eigenvalue weighted by Gasteiger charge is -2.13. The second kappa shape index (κ2) is 7.07. The maximum Gasteiger partial charge on any atom is 0.184 e. The Bertz CT molecular complexity index is 650. The molecule has 0 spiro atoms. The van der Waals surface area contributed by atoms with Crippen molar-refractivity contribution in [3.05, 3.63) is 45.2 Å². The van der Waals surface area contributed by atoms with Crippen molar-refractivity contribution in [2.75, 3.05) is 19.5 Å². The molecule has 1 aromatic heterocycles. The lowest BCUT2D eigenvalue weighted by molar-refractivity contribution is 0.350. The van der Waals surface area contributed by atoms with E-state index in [0.29, 0.717) is 44.5 Å². The minimum Gasteiger partial charge on any atom is -0.493 e. The number of nitrogens with zero attached hydrogens (tertiary/aromatic N) is 1. The van der Waals surface area contributed by atoms with Crippen molar-refractivity contribution in [2.24, 2.45) is 0 Å². The third kappa shape index (κ3) is 3.64. The molecule has 7 heteroatoms. The molecule has 1 heterocycles. The van der Waals surface area contributed by atoms with Crippen molar-refractivity contribution in [3.8, 4) is 11.5 Å². The molecule has 0 aliphatic carbocycles. The van der Waals surface area contributed by atoms with Crippen LogP contribution in [0, 0.1) is 0 Å². The Labute approximate surface area is 137 Å². The van der Waals surface area contributed by atoms with Gasteiger partial charge in [-0.15, -0.1) is 0 Å². The monoisotopic (exact) mass is 346 g/mol. The minimum atomic E-state index is 0.401. The maximum absolute atomic E-state index is 6.12. The first-order valence-electron chi connectivity index (χ1n) is 6.01. The van der Waals surface area contributed by atoms with Gasteiger partial charge in [-0.05, 0) is 12.1 Å². The van der Waals surface area contributed by atoms with E-state index in [4.69, 9.17) is 44.3 Å². The average molecular weight is 348 g/mol. The Kier molecular flexibility index (Phi) is 5.39. The largest absolute Gasteiger partial charge is 0.493 e. The van der Waals surface area contributed by atoms with Crippen molar-refractivity contribution in [1.82, 2.24) is 4.98 Å². The van der Waals surface area contributed by atoms with Crippen LogP contribution in [0.15, 0.2) is 24.4 Å². The number of pyridine rings is 1. The molecule has 0 aliphatic heterocycles. The second-order valence-corrected chi connectivity index (χ2v) is 5.31. The first-order valence-corrected chi connectivity index (χ1v) is 7.14. The number of aromatic nitrogens is 1. The molecule has 0 aliphatic rings. The van der Waals surface area contributed by atoms with Gasteiger partial charge in [0.15, 0.2) is 11.5 Å². The van der Waals surface area contributed by atoms with Crippen LogP contribution in [0.5, 0.6) is 11.5 Å². The standard InChI is InChI=1S/C14H13Cl3N2O2/c1-20-13-3-4-18-12(14(13)21-2)7-19-11-6-9(16)8(15)5-10(11)17/h3-6,19H,7H2,1-2H3. The van der Waals surface area contributed by atoms with Gasteiger partial charge in [-0.2, -0.15) is 0 Å². The van der Waals surface area contributed by atoms with Crippen LogP contribution in [0.2, 0.25) is 15.1 Å². The molecule has 112 valence electrons. The highest BCUT2D eigenvalue weighted by atomic mass is 35.5. The van der Waals surface area contributed by atoms with Gasteiger partial charge in [-0.25, -0.2) is 0 Å². The smallest absolute Gasteiger partial charge is 0.184 e. The Morgan fingerprint density at radius 3 is 2.43 bits per heavy atom. The second-order valence-electron chi connectivity index (χ2n) is 4.09. The number of methoxy groups -OCH3 is 2. The van der Waals surface area contributed by atoms with Crippen molar-refractivity contribution in [1.29, 1.82) is 0 Å². The summed E-state index contributed by atoms with van der Waals surface area (Å²) in [7, 11) is 3.14. The number of ether oxygens (including phenoxy) is 2. The van der Waals surface area contributed by atoms with Crippen LogP contribution in [0.1, 0.15) is 5.69 Å². The van der Waals surface area contributed by atoms with Crippen LogP contribution >= 0.6 is 34.8 Å². The normalized spacial score (nSPS) is 10.3. The van der Waals surface area contributed by atoms with Crippen LogP contribution in [0.25, 0.3) is 0 Å². The molecule has 4 nitrogen and oxygen atoms in total. The van der Waals surface area contributed by atoms with E-state index in [-0.39, 0.29) is 0 Å². The molecule has 2 rings (SSSR count). The van der Waals surface area contributed by atoms with Gasteiger partial charge in [0, 0.05) is 12.3 Å². The summed E-state index contributed by atoms with van der Waals surface area (Å²) in [5, 5.41) is 4.46. The number of benzene rings is 1. The Balaban J connectivity index is 2.22. The molecule has 0 unspecified atom stereocenters. The van der Waals surface area contributed by atoms with Gasteiger partial charge in [0.25, 0.3) is 0 Å². The number of halogens is 3. The zero-order valence-corrected chi connectivity index (χ0v) is 13.7. The molecule has 0 amide bonds. The molecular weight excluding hydrogens is 335 g/mol. The number of hydrogen-bond donors (Lipinski definition) is 1. The molecule has 0 saturated carbocycles. The van der Waals surface area contributed by atoms with Gasteiger partial charge in [0.1, 0.15) is 5.69 Å². The predicted molar refractivity (Wildman–Crippen MR) is 86.1 cm³/mol. The molecule has 0 atom stereocenters. The molecule has 0 fully saturated rings. The van der Waals surface area contributed by atoms with E-state index in [0.717, 1.165) is 0 Å². The molecule has 0 bridgehead atoms. The van der Waals surface area contributed by atoms with Gasteiger partial charge in [0.2, 0.25) is 0 Å². The van der Waals surface area contributed by atoms with Crippen molar-refractivity contribution >= 4 is 40.5 Å². The minimum absolute atomic E-state index is 0.401. The SMILES string of the molecule is COc1ccnc(CNc2cc(Cl)c(Cl)cc2Cl)c1OC. The molecule has 1 N–H and O–H groups in total. The summed E-state index contributed by atoms with van der Waals surface area (Å²) >= 11 is 18.0. The molecule has 0 saturated heterocycles. The fourth-order valence-electron chi connectivity index (χ4n) is 1.81. The quantitative estimate of drug-likeness (QED) is 0.798. The third-order valence-corrected chi connectivity index (χ3v) is 3.86. The van der Waals surface area contributed by atoms with Gasteiger partial charge >= 0.3 is 0 Å². The molecule has 1 aromatic carbocycles. The van der Waals surface area contributed by atoms with Gasteiger partial charge in [-0.1, -0.05) is 34.8 Å². The zero-order chi connectivity index (χ0) is 15.4. The summed E-state index contributed by atoms with van der Waals surface area (Å²) in [6.07, 6.45) is 1.65. The Hall–Kier alpha value is -1.36. The number of nitrogens with one attached hydrogen (secondary N) is 1. The highest BCUT2D eigenvalue weighted by Gasteiger charge is 2.12. The first kappa shape index (κ1) is 16.0. The van der Waals surface area contributed by atoms with Crippen LogP contribution in [0.4, 0.5) is 5.69 Å². The topological polar surface area (TPSA) is 43.4 Å². The number of anilines is 1. The van der Waals surface area contributed by atoms with E-state index in [1.807, 2.05) is 0 Å². The van der Waals surface area contributed by atoms with Gasteiger partial charge < -0.3 is 14.8 Å². The van der Waals surface area contributed by atoms with E-state index in [1.165, 1.54) is 0 Å². The van der Waals surface area contributed by atoms with E-state index in [2.05, 4.69) is 10.3 Å². The number of hydrogen-bond acceptors (Lipinski definition) is 4. The summed E-state index contributed by atoms with van der Waals surface area (Å²) in [4.78, 5) is 4.27. The van der Waals surface area contributed by atoms with E-state index < -0.39 is 0 Å². The van der Waals surface area contributed by atoms with Crippen LogP contribution in [0.3, 0.4) is 0 Å². The fourth-order valence-corrected chi connectivity index (χ4v) is 2.43. The molecule has 21 heavy (non-hydrogen) atoms. The van der Waals surface area contributed by atoms with Gasteiger partial charge in [-0.3, -0.25) is 4.98 Å². The third-order valence-electron chi connectivity index (χ3n) is 2.82. The molecule has 2 aromatic rings. The Morgan fingerprint density at radius 1 is 1.05 bits per heavy atom. The van der Waals surface area contributed by atoms with E-state index >= 15 is 0 Å². The average Bonchev–Trinajstić information content (AvgIpc) is 2.49. The fraction of sp³-hybridized carbons (Fsp3) is 0.214. The summed E-state index contributed by atoms with van der Waals surface area (Å²) in [5.41, 5.74) is 1.36. The van der Waals surface area contributed by atoms with E-state index in [1.54, 1.807) is 38.6 Å². The number of rotatable bonds is 5. The van der Waals surface area contributed by atoms with Crippen molar-refractivity contribution < 1.29 is 9.47 Å². The highest BCUT2D eigenvalue weighted by molar-refractivity contribution is 6.44. The lowest BCUT2D eigenvalue weighted by Crippen LogP contribution is -2.05. The predicted octanol–water partition coefficient (Wildman–Crippen LogP) is 4.67. The summed E-state index contributed by atoms with van der Waals surface area (Å²) in [6.45, 7) is 0.401. The van der Waals surface area contributed by atoms with Crippen molar-refractivity contribution in [3.63, 3.8) is 0 Å². The summed E-state index contributed by atoms with van der Waals surface area (Å²) in [5.74, 6) is 1.19. The molecule has 0 radical (unpaired) electrons. The van der Waals surface area contributed by atoms with Crippen LogP contribution in [-0.2, 0) is 6.54 Å². The van der Waals surface area contributed by atoms with Crippen LogP contribution in [-0.4, -0.2) is 19.2 Å². The van der Waals surface area contributed by atoms with Gasteiger partial charge in [0.05, 0.1) is 41.5 Å². The van der Waals surface area contributed by atoms with E-state index in [9.17, 15) is 0 Å². The molecular formula is C14H13Cl3N2O2. The van der Waals surface area contributed by atoms with Crippen LogP contribution < -0.4 is 14.8 Å². The lowest BCUT2D eigenvalue weighted by atomic mass is 10.2. The summed E-state index contributed by atoms with van der Waals surface area (Å²) in [6, 6.07) is 4.98. The zero-order valence-electron chi connectivity index (χ0n) is 11.4. The first-order chi connectivity index (χ1) is 10.1.